The van der Waals surface area contributed by atoms with Crippen LogP contribution in [0.2, 0.25) is 5.04 Å². The van der Waals surface area contributed by atoms with E-state index in [0.29, 0.717) is 13.1 Å². The highest BCUT2D eigenvalue weighted by Crippen LogP contribution is 2.39. The van der Waals surface area contributed by atoms with Gasteiger partial charge in [-0.15, -0.1) is 0 Å². The fourth-order valence-corrected chi connectivity index (χ4v) is 10.3. The molecule has 4 rings (SSSR count). The molecule has 0 radical (unpaired) electrons. The Morgan fingerprint density at radius 2 is 1.51 bits per heavy atom. The highest BCUT2D eigenvalue weighted by molar-refractivity contribution is 6.99. The zero-order valence-corrected chi connectivity index (χ0v) is 24.9. The Hall–Kier alpha value is -3.60. The fraction of sp³-hybridized carbons (Fsp3) is 0.355. The van der Waals surface area contributed by atoms with Gasteiger partial charge in [-0.1, -0.05) is 86.6 Å². The molecule has 0 saturated carbocycles. The van der Waals surface area contributed by atoms with Crippen molar-refractivity contribution < 1.29 is 33.1 Å². The van der Waals surface area contributed by atoms with Gasteiger partial charge in [0.1, 0.15) is 0 Å². The molecule has 2 atom stereocenters. The first-order chi connectivity index (χ1) is 19.4. The van der Waals surface area contributed by atoms with E-state index in [0.717, 1.165) is 10.4 Å². The molecule has 1 aliphatic rings. The smallest absolute Gasteiger partial charge is 0.358 e. The van der Waals surface area contributed by atoms with Crippen molar-refractivity contribution in [2.45, 2.75) is 58.5 Å². The summed E-state index contributed by atoms with van der Waals surface area (Å²) in [5.74, 6) is -4.32. The second-order valence-electron chi connectivity index (χ2n) is 11.4. The third kappa shape index (κ3) is 5.90. The van der Waals surface area contributed by atoms with Crippen LogP contribution in [0.5, 0.6) is 0 Å². The third-order valence-electron chi connectivity index (χ3n) is 7.41. The lowest BCUT2D eigenvalue weighted by Crippen LogP contribution is -2.66. The van der Waals surface area contributed by atoms with Gasteiger partial charge in [-0.2, -0.15) is 0 Å². The second kappa shape index (κ2) is 12.1. The molecule has 2 N–H and O–H groups in total. The molecule has 218 valence electrons. The molecular formula is C31H36F2N2O5Si. The van der Waals surface area contributed by atoms with Gasteiger partial charge < -0.3 is 24.4 Å². The van der Waals surface area contributed by atoms with Crippen molar-refractivity contribution in [2.75, 3.05) is 18.0 Å². The van der Waals surface area contributed by atoms with Crippen LogP contribution in [-0.2, 0) is 20.6 Å². The summed E-state index contributed by atoms with van der Waals surface area (Å²) in [5.41, 5.74) is -1.43. The number of anilines is 1. The zero-order chi connectivity index (χ0) is 29.9. The summed E-state index contributed by atoms with van der Waals surface area (Å²) < 4.78 is 44.3. The number of carboxylic acids is 1. The maximum atomic E-state index is 16.0. The van der Waals surface area contributed by atoms with Crippen LogP contribution in [0.3, 0.4) is 0 Å². The maximum Gasteiger partial charge on any atom is 0.358 e. The molecule has 3 aromatic carbocycles. The zero-order valence-electron chi connectivity index (χ0n) is 23.9. The number of carbonyl (C=O) groups is 1. The summed E-state index contributed by atoms with van der Waals surface area (Å²) >= 11 is 0. The van der Waals surface area contributed by atoms with Crippen molar-refractivity contribution in [3.05, 3.63) is 89.5 Å². The van der Waals surface area contributed by atoms with Gasteiger partial charge >= 0.3 is 5.97 Å². The lowest BCUT2D eigenvalue weighted by atomic mass is 10.0. The highest BCUT2D eigenvalue weighted by Gasteiger charge is 2.50. The summed E-state index contributed by atoms with van der Waals surface area (Å²) in [6, 6.07) is 21.0. The Kier molecular flexibility index (Phi) is 8.96. The Morgan fingerprint density at radius 1 is 1.00 bits per heavy atom. The SMILES string of the molecule is C[C@@H]1CN(c2c(CO[Si](c3ccccc3)(c3ccccc3)C(C)(C)C)cc(C(=NO)C(=O)O)c(F)c2F)C[C@@H](C)O1. The van der Waals surface area contributed by atoms with Gasteiger partial charge in [0.15, 0.2) is 17.3 Å². The molecule has 1 aliphatic heterocycles. The molecule has 0 spiro atoms. The van der Waals surface area contributed by atoms with Crippen molar-refractivity contribution in [1.82, 2.24) is 0 Å². The van der Waals surface area contributed by atoms with Gasteiger partial charge in [0, 0.05) is 18.7 Å². The molecule has 0 aliphatic carbocycles. The number of hydrogen-bond acceptors (Lipinski definition) is 6. The van der Waals surface area contributed by atoms with Gasteiger partial charge in [0.05, 0.1) is 30.1 Å². The van der Waals surface area contributed by atoms with Crippen LogP contribution in [0, 0.1) is 11.6 Å². The van der Waals surface area contributed by atoms with E-state index < -0.39 is 42.2 Å². The van der Waals surface area contributed by atoms with Crippen molar-refractivity contribution in [3.8, 4) is 0 Å². The first-order valence-corrected chi connectivity index (χ1v) is 15.4. The second-order valence-corrected chi connectivity index (χ2v) is 15.7. The van der Waals surface area contributed by atoms with Gasteiger partial charge in [-0.05, 0) is 35.3 Å². The maximum absolute atomic E-state index is 16.0. The predicted octanol–water partition coefficient (Wildman–Crippen LogP) is 4.92. The molecule has 0 amide bonds. The minimum atomic E-state index is -3.09. The monoisotopic (exact) mass is 582 g/mol. The molecule has 41 heavy (non-hydrogen) atoms. The molecule has 0 unspecified atom stereocenters. The number of morpholine rings is 1. The Labute approximate surface area is 240 Å². The molecule has 10 heteroatoms. The van der Waals surface area contributed by atoms with Crippen LogP contribution in [0.15, 0.2) is 71.9 Å². The summed E-state index contributed by atoms with van der Waals surface area (Å²) in [7, 11) is -3.09. The number of ether oxygens (including phenoxy) is 1. The first-order valence-electron chi connectivity index (χ1n) is 13.5. The lowest BCUT2D eigenvalue weighted by Gasteiger charge is -2.43. The summed E-state index contributed by atoms with van der Waals surface area (Å²) in [6.45, 7) is 10.5. The molecule has 1 fully saturated rings. The average molecular weight is 583 g/mol. The first kappa shape index (κ1) is 30.4. The molecule has 1 saturated heterocycles. The largest absolute Gasteiger partial charge is 0.476 e. The standard InChI is InChI=1S/C31H36F2N2O5Si/c1-20-17-35(18-21(2)40-20)29-22(16-25(26(32)27(29)33)28(34-38)30(36)37)19-39-41(31(3,4)5,23-12-8-6-9-13-23)24-14-10-7-11-15-24/h6-16,20-21,38H,17-19H2,1-5H3,(H,36,37)/t20-,21-/m1/s1. The van der Waals surface area contributed by atoms with E-state index in [1.54, 1.807) is 4.90 Å². The minimum absolute atomic E-state index is 0.0196. The fourth-order valence-electron chi connectivity index (χ4n) is 5.81. The van der Waals surface area contributed by atoms with E-state index in [2.05, 4.69) is 25.9 Å². The number of oxime groups is 1. The van der Waals surface area contributed by atoms with Crippen molar-refractivity contribution in [3.63, 3.8) is 0 Å². The van der Waals surface area contributed by atoms with Crippen LogP contribution >= 0.6 is 0 Å². The number of benzene rings is 3. The van der Waals surface area contributed by atoms with Gasteiger partial charge in [-0.3, -0.25) is 0 Å². The third-order valence-corrected chi connectivity index (χ3v) is 12.4. The van der Waals surface area contributed by atoms with Crippen LogP contribution in [0.4, 0.5) is 14.5 Å². The molecule has 0 aromatic heterocycles. The number of carboxylic acid groups (broad SMARTS) is 1. The van der Waals surface area contributed by atoms with E-state index in [-0.39, 0.29) is 30.1 Å². The number of aliphatic carboxylic acids is 1. The Morgan fingerprint density at radius 3 is 1.95 bits per heavy atom. The van der Waals surface area contributed by atoms with E-state index in [1.807, 2.05) is 74.5 Å². The van der Waals surface area contributed by atoms with Crippen LogP contribution < -0.4 is 15.3 Å². The quantitative estimate of drug-likeness (QED) is 0.170. The van der Waals surface area contributed by atoms with Crippen LogP contribution in [-0.4, -0.2) is 55.6 Å². The predicted molar refractivity (Wildman–Crippen MR) is 157 cm³/mol. The number of halogens is 2. The van der Waals surface area contributed by atoms with E-state index in [9.17, 15) is 15.1 Å². The molecular weight excluding hydrogens is 546 g/mol. The van der Waals surface area contributed by atoms with Crippen molar-refractivity contribution >= 4 is 36.1 Å². The lowest BCUT2D eigenvalue weighted by molar-refractivity contribution is -0.129. The molecule has 1 heterocycles. The molecule has 3 aromatic rings. The molecule has 0 bridgehead atoms. The molecule has 7 nitrogen and oxygen atoms in total. The Balaban J connectivity index is 1.93. The average Bonchev–Trinajstić information content (AvgIpc) is 2.91. The van der Waals surface area contributed by atoms with Gasteiger partial charge in [0.25, 0.3) is 8.32 Å². The van der Waals surface area contributed by atoms with E-state index in [1.165, 1.54) is 6.07 Å². The van der Waals surface area contributed by atoms with Gasteiger partial charge in [0.2, 0.25) is 0 Å². The highest BCUT2D eigenvalue weighted by atomic mass is 28.4. The topological polar surface area (TPSA) is 91.6 Å². The van der Waals surface area contributed by atoms with Crippen molar-refractivity contribution in [2.24, 2.45) is 5.16 Å². The summed E-state index contributed by atoms with van der Waals surface area (Å²) in [5, 5.41) is 23.3. The van der Waals surface area contributed by atoms with Crippen molar-refractivity contribution in [1.29, 1.82) is 0 Å². The van der Waals surface area contributed by atoms with E-state index >= 15 is 8.78 Å². The van der Waals surface area contributed by atoms with Crippen LogP contribution in [0.25, 0.3) is 0 Å². The normalized spacial score (nSPS) is 18.4. The van der Waals surface area contributed by atoms with E-state index in [4.69, 9.17) is 9.16 Å². The van der Waals surface area contributed by atoms with Crippen LogP contribution in [0.1, 0.15) is 45.7 Å². The summed E-state index contributed by atoms with van der Waals surface area (Å²) in [4.78, 5) is 13.5. The number of hydrogen-bond donors (Lipinski definition) is 2. The van der Waals surface area contributed by atoms with Gasteiger partial charge in [-0.25, -0.2) is 13.6 Å². The number of nitrogens with zero attached hydrogens (tertiary/aromatic N) is 2. The minimum Gasteiger partial charge on any atom is -0.476 e. The number of rotatable bonds is 8. The summed E-state index contributed by atoms with van der Waals surface area (Å²) in [6.07, 6.45) is -0.500. The Bertz CT molecular complexity index is 1360.